The molecule has 0 aromatic heterocycles. The Bertz CT molecular complexity index is 1240. The molecule has 3 rings (SSSR count). The number of aliphatic carboxylic acids is 1. The molecule has 12 heteroatoms. The lowest BCUT2D eigenvalue weighted by Crippen LogP contribution is -2.56. The second-order valence-electron chi connectivity index (χ2n) is 10.5. The molecule has 210 valence electrons. The molecule has 9 nitrogen and oxygen atoms in total. The normalized spacial score (nSPS) is 17.3. The van der Waals surface area contributed by atoms with Gasteiger partial charge in [-0.15, -0.1) is 11.8 Å². The van der Waals surface area contributed by atoms with E-state index >= 15 is 0 Å². The molecule has 0 bridgehead atoms. The van der Waals surface area contributed by atoms with E-state index in [2.05, 4.69) is 10.6 Å². The van der Waals surface area contributed by atoms with Gasteiger partial charge in [-0.25, -0.2) is 9.59 Å². The third-order valence-electron chi connectivity index (χ3n) is 5.84. The van der Waals surface area contributed by atoms with Crippen molar-refractivity contribution in [3.05, 3.63) is 63.6 Å². The van der Waals surface area contributed by atoms with Gasteiger partial charge in [0.1, 0.15) is 17.7 Å². The summed E-state index contributed by atoms with van der Waals surface area (Å²) >= 11 is 13.6. The van der Waals surface area contributed by atoms with Gasteiger partial charge in [0.05, 0.1) is 20.5 Å². The molecular weight excluding hydrogens is 565 g/mol. The summed E-state index contributed by atoms with van der Waals surface area (Å²) < 4.78 is 5.50. The quantitative estimate of drug-likeness (QED) is 0.389. The van der Waals surface area contributed by atoms with Crippen molar-refractivity contribution in [2.75, 3.05) is 11.1 Å². The molecule has 3 amide bonds. The smallest absolute Gasteiger partial charge is 0.412 e. The van der Waals surface area contributed by atoms with Crippen LogP contribution in [-0.2, 0) is 20.7 Å². The minimum Gasteiger partial charge on any atom is -0.480 e. The largest absolute Gasteiger partial charge is 0.480 e. The molecule has 1 saturated heterocycles. The zero-order valence-corrected chi connectivity index (χ0v) is 24.5. The third kappa shape index (κ3) is 7.80. The Hall–Kier alpha value is -2.95. The Morgan fingerprint density at radius 3 is 2.23 bits per heavy atom. The molecule has 1 aliphatic rings. The summed E-state index contributed by atoms with van der Waals surface area (Å²) in [5.74, 6) is -1.98. The first-order valence-corrected chi connectivity index (χ1v) is 13.9. The number of hydrogen-bond donors (Lipinski definition) is 3. The zero-order valence-electron chi connectivity index (χ0n) is 22.2. The first-order chi connectivity index (χ1) is 18.1. The number of hydrogen-bond acceptors (Lipinski definition) is 6. The van der Waals surface area contributed by atoms with Crippen molar-refractivity contribution in [2.45, 2.75) is 63.6 Å². The second kappa shape index (κ2) is 12.1. The summed E-state index contributed by atoms with van der Waals surface area (Å²) in [5.41, 5.74) is 0.457. The van der Waals surface area contributed by atoms with Crippen LogP contribution < -0.4 is 10.6 Å². The topological polar surface area (TPSA) is 125 Å². The number of rotatable bonds is 7. The number of nitrogens with one attached hydrogen (secondary N) is 2. The van der Waals surface area contributed by atoms with Gasteiger partial charge in [0.15, 0.2) is 0 Å². The Balaban J connectivity index is 1.68. The van der Waals surface area contributed by atoms with E-state index in [1.54, 1.807) is 63.2 Å². The summed E-state index contributed by atoms with van der Waals surface area (Å²) in [6, 6.07) is 9.13. The lowest BCUT2D eigenvalue weighted by molar-refractivity contribution is -0.142. The summed E-state index contributed by atoms with van der Waals surface area (Å²) in [5, 5.41) is 15.5. The van der Waals surface area contributed by atoms with Gasteiger partial charge in [0, 0.05) is 17.9 Å². The monoisotopic (exact) mass is 595 g/mol. The molecular formula is C27H31Cl2N3O6S. The van der Waals surface area contributed by atoms with E-state index in [1.807, 2.05) is 13.8 Å². The maximum Gasteiger partial charge on any atom is 0.412 e. The highest BCUT2D eigenvalue weighted by Gasteiger charge is 2.48. The molecule has 2 aromatic rings. The van der Waals surface area contributed by atoms with Gasteiger partial charge < -0.3 is 20.5 Å². The Morgan fingerprint density at radius 1 is 1.10 bits per heavy atom. The van der Waals surface area contributed by atoms with Gasteiger partial charge >= 0.3 is 12.1 Å². The molecule has 1 fully saturated rings. The Labute approximate surface area is 241 Å². The predicted molar refractivity (Wildman–Crippen MR) is 153 cm³/mol. The predicted octanol–water partition coefficient (Wildman–Crippen LogP) is 5.45. The van der Waals surface area contributed by atoms with Crippen molar-refractivity contribution in [1.82, 2.24) is 10.2 Å². The summed E-state index contributed by atoms with van der Waals surface area (Å²) in [4.78, 5) is 51.3. The van der Waals surface area contributed by atoms with Crippen molar-refractivity contribution in [3.63, 3.8) is 0 Å². The molecule has 0 saturated carbocycles. The van der Waals surface area contributed by atoms with Crippen LogP contribution in [0.4, 0.5) is 10.5 Å². The molecule has 1 heterocycles. The molecule has 0 aliphatic carbocycles. The van der Waals surface area contributed by atoms with E-state index in [9.17, 15) is 24.3 Å². The fourth-order valence-electron chi connectivity index (χ4n) is 3.99. The number of anilines is 1. The Morgan fingerprint density at radius 2 is 1.69 bits per heavy atom. The number of nitrogens with zero attached hydrogens (tertiary/aromatic N) is 1. The highest BCUT2D eigenvalue weighted by Crippen LogP contribution is 2.40. The number of thioether (sulfide) groups is 1. The molecule has 39 heavy (non-hydrogen) atoms. The van der Waals surface area contributed by atoms with E-state index in [4.69, 9.17) is 27.9 Å². The average molecular weight is 597 g/mol. The molecule has 0 radical (unpaired) electrons. The summed E-state index contributed by atoms with van der Waals surface area (Å²) in [6.07, 6.45) is -0.651. The van der Waals surface area contributed by atoms with Crippen LogP contribution in [0.25, 0.3) is 0 Å². The SMILES string of the molecule is CC(C)(C)OC(=O)N1[C@@H](C(=O)N[C@@H](Cc2ccc(NC(=O)c3c(Cl)cccc3Cl)cc2)C(=O)O)CSC1(C)C. The molecule has 1 aliphatic heterocycles. The first-order valence-electron chi connectivity index (χ1n) is 12.1. The van der Waals surface area contributed by atoms with Crippen LogP contribution in [0.5, 0.6) is 0 Å². The van der Waals surface area contributed by atoms with Gasteiger partial charge in [-0.2, -0.15) is 0 Å². The maximum atomic E-state index is 13.2. The van der Waals surface area contributed by atoms with E-state index in [-0.39, 0.29) is 22.0 Å². The fourth-order valence-corrected chi connectivity index (χ4v) is 5.77. The lowest BCUT2D eigenvalue weighted by atomic mass is 10.0. The summed E-state index contributed by atoms with van der Waals surface area (Å²) in [6.45, 7) is 8.82. The number of carbonyl (C=O) groups excluding carboxylic acids is 3. The van der Waals surface area contributed by atoms with Gasteiger partial charge in [-0.05, 0) is 64.4 Å². The van der Waals surface area contributed by atoms with Crippen molar-refractivity contribution in [2.24, 2.45) is 0 Å². The zero-order chi connectivity index (χ0) is 29.1. The number of benzene rings is 2. The minimum absolute atomic E-state index is 0.0126. The summed E-state index contributed by atoms with van der Waals surface area (Å²) in [7, 11) is 0. The number of carboxylic acid groups (broad SMARTS) is 1. The van der Waals surface area contributed by atoms with Gasteiger partial charge in [-0.3, -0.25) is 14.5 Å². The number of carbonyl (C=O) groups is 4. The van der Waals surface area contributed by atoms with E-state index in [0.717, 1.165) is 0 Å². The van der Waals surface area contributed by atoms with Crippen molar-refractivity contribution >= 4 is 64.5 Å². The van der Waals surface area contributed by atoms with Gasteiger partial charge in [0.25, 0.3) is 5.91 Å². The number of ether oxygens (including phenoxy) is 1. The van der Waals surface area contributed by atoms with Crippen LogP contribution >= 0.6 is 35.0 Å². The molecule has 0 unspecified atom stereocenters. The first kappa shape index (κ1) is 30.6. The average Bonchev–Trinajstić information content (AvgIpc) is 3.13. The van der Waals surface area contributed by atoms with Crippen LogP contribution in [0.15, 0.2) is 42.5 Å². The van der Waals surface area contributed by atoms with Crippen LogP contribution in [0.3, 0.4) is 0 Å². The van der Waals surface area contributed by atoms with Crippen molar-refractivity contribution < 1.29 is 29.0 Å². The standard InChI is InChI=1S/C27H31Cl2N3O6S/c1-26(2,3)38-25(37)32-20(14-39-27(32,4)5)22(33)31-19(24(35)36)13-15-9-11-16(12-10-15)30-23(34)21-17(28)7-6-8-18(21)29/h6-12,19-20H,13-14H2,1-5H3,(H,30,34)(H,31,33)(H,35,36)/t19-,20+/m0/s1. The number of amides is 3. The molecule has 3 N–H and O–H groups in total. The van der Waals surface area contributed by atoms with Gasteiger partial charge in [-0.1, -0.05) is 41.4 Å². The fraction of sp³-hybridized carbons (Fsp3) is 0.407. The van der Waals surface area contributed by atoms with E-state index in [0.29, 0.717) is 17.0 Å². The number of halogens is 2. The van der Waals surface area contributed by atoms with Crippen LogP contribution in [-0.4, -0.2) is 62.2 Å². The molecule has 2 atom stereocenters. The third-order valence-corrected chi connectivity index (χ3v) is 7.85. The minimum atomic E-state index is -1.24. The van der Waals surface area contributed by atoms with Crippen molar-refractivity contribution in [1.29, 1.82) is 0 Å². The highest BCUT2D eigenvalue weighted by atomic mass is 35.5. The van der Waals surface area contributed by atoms with Gasteiger partial charge in [0.2, 0.25) is 5.91 Å². The lowest BCUT2D eigenvalue weighted by Gasteiger charge is -2.35. The molecule has 2 aromatic carbocycles. The van der Waals surface area contributed by atoms with Crippen LogP contribution in [0.2, 0.25) is 10.0 Å². The molecule has 0 spiro atoms. The van der Waals surface area contributed by atoms with E-state index in [1.165, 1.54) is 16.7 Å². The highest BCUT2D eigenvalue weighted by molar-refractivity contribution is 8.00. The van der Waals surface area contributed by atoms with Crippen molar-refractivity contribution in [3.8, 4) is 0 Å². The second-order valence-corrected chi connectivity index (χ2v) is 12.9. The van der Waals surface area contributed by atoms with E-state index < -0.39 is 46.4 Å². The Kier molecular flexibility index (Phi) is 9.46. The van der Waals surface area contributed by atoms with Crippen LogP contribution in [0, 0.1) is 0 Å². The van der Waals surface area contributed by atoms with Crippen LogP contribution in [0.1, 0.15) is 50.5 Å². The number of carboxylic acids is 1. The maximum absolute atomic E-state index is 13.2.